The lowest BCUT2D eigenvalue weighted by Gasteiger charge is -2.26. The van der Waals surface area contributed by atoms with Crippen molar-refractivity contribution in [3.63, 3.8) is 0 Å². The van der Waals surface area contributed by atoms with Gasteiger partial charge in [-0.05, 0) is 29.8 Å². The summed E-state index contributed by atoms with van der Waals surface area (Å²) >= 11 is 13.6. The number of rotatable bonds is 6. The maximum absolute atomic E-state index is 12.3. The number of thiophene rings is 1. The summed E-state index contributed by atoms with van der Waals surface area (Å²) in [6.45, 7) is 4.42. The summed E-state index contributed by atoms with van der Waals surface area (Å²) in [6, 6.07) is 6.84. The van der Waals surface area contributed by atoms with Gasteiger partial charge in [-0.1, -0.05) is 23.2 Å². The van der Waals surface area contributed by atoms with E-state index in [9.17, 15) is 4.79 Å². The predicted octanol–water partition coefficient (Wildman–Crippen LogP) is 3.90. The number of carbonyl (C=O) groups is 1. The van der Waals surface area contributed by atoms with E-state index in [4.69, 9.17) is 43.8 Å². The van der Waals surface area contributed by atoms with Crippen LogP contribution in [-0.4, -0.2) is 56.2 Å². The van der Waals surface area contributed by atoms with Gasteiger partial charge >= 0.3 is 0 Å². The Morgan fingerprint density at radius 1 is 1.23 bits per heavy atom. The van der Waals surface area contributed by atoms with E-state index < -0.39 is 11.9 Å². The van der Waals surface area contributed by atoms with Crippen molar-refractivity contribution in [2.24, 2.45) is 5.73 Å². The first-order valence-electron chi connectivity index (χ1n) is 8.61. The highest BCUT2D eigenvalue weighted by atomic mass is 35.5. The van der Waals surface area contributed by atoms with E-state index >= 15 is 0 Å². The van der Waals surface area contributed by atoms with Crippen LogP contribution >= 0.6 is 59.4 Å². The van der Waals surface area contributed by atoms with E-state index in [1.807, 2.05) is 6.07 Å². The average molecular weight is 516 g/mol. The molecule has 0 radical (unpaired) electrons. The van der Waals surface area contributed by atoms with Gasteiger partial charge in [0.25, 0.3) is 5.91 Å². The van der Waals surface area contributed by atoms with Crippen LogP contribution < -0.4 is 15.8 Å². The summed E-state index contributed by atoms with van der Waals surface area (Å²) in [5.74, 6) is -0.399. The van der Waals surface area contributed by atoms with Gasteiger partial charge < -0.3 is 15.2 Å². The lowest BCUT2D eigenvalue weighted by molar-refractivity contribution is 0.0322. The first kappa shape index (κ1) is 26.8. The van der Waals surface area contributed by atoms with Crippen molar-refractivity contribution in [2.45, 2.75) is 0 Å². The summed E-state index contributed by atoms with van der Waals surface area (Å²) < 4.78 is 12.3. The maximum Gasteiger partial charge on any atom is 0.258 e. The van der Waals surface area contributed by atoms with Crippen LogP contribution in [-0.2, 0) is 4.74 Å². The number of halogens is 4. The molecule has 30 heavy (non-hydrogen) atoms. The second-order valence-corrected chi connectivity index (χ2v) is 8.44. The van der Waals surface area contributed by atoms with E-state index in [0.29, 0.717) is 37.7 Å². The van der Waals surface area contributed by atoms with Gasteiger partial charge in [0.15, 0.2) is 5.96 Å². The average Bonchev–Trinajstić information content (AvgIpc) is 3.00. The molecule has 1 aromatic carbocycles. The molecule has 166 valence electrons. The van der Waals surface area contributed by atoms with Crippen molar-refractivity contribution in [1.82, 2.24) is 10.2 Å². The zero-order chi connectivity index (χ0) is 20.1. The van der Waals surface area contributed by atoms with Crippen molar-refractivity contribution in [1.29, 1.82) is 5.41 Å². The first-order chi connectivity index (χ1) is 13.4. The van der Waals surface area contributed by atoms with Crippen molar-refractivity contribution >= 4 is 71.2 Å². The predicted molar refractivity (Wildman–Crippen MR) is 126 cm³/mol. The van der Waals surface area contributed by atoms with Crippen LogP contribution in [0.2, 0.25) is 8.67 Å². The number of carbonyl (C=O) groups excluding carboxylic acids is 1. The lowest BCUT2D eigenvalue weighted by atomic mass is 10.0. The van der Waals surface area contributed by atoms with Gasteiger partial charge in [0, 0.05) is 30.8 Å². The summed E-state index contributed by atoms with van der Waals surface area (Å²) in [6.07, 6.45) is 0. The maximum atomic E-state index is 12.3. The summed E-state index contributed by atoms with van der Waals surface area (Å²) in [4.78, 5) is 14.6. The van der Waals surface area contributed by atoms with Crippen LogP contribution in [0.1, 0.15) is 10.4 Å². The van der Waals surface area contributed by atoms with Crippen LogP contribution in [0.3, 0.4) is 0 Å². The number of nitrogens with zero attached hydrogens (tertiary/aromatic N) is 1. The number of benzene rings is 1. The molecule has 2 heterocycles. The monoisotopic (exact) mass is 514 g/mol. The molecule has 1 saturated heterocycles. The molecule has 0 spiro atoms. The summed E-state index contributed by atoms with van der Waals surface area (Å²) in [7, 11) is 0. The van der Waals surface area contributed by atoms with Crippen molar-refractivity contribution in [3.05, 3.63) is 38.5 Å². The van der Waals surface area contributed by atoms with Gasteiger partial charge in [0.2, 0.25) is 0 Å². The SMILES string of the molecule is Cl.Cl.N=C(N)NC(=O)c1cc(OCCN2CCOCC2)cc(-c2cc(Cl)sc2Cl)c1. The molecule has 1 fully saturated rings. The highest BCUT2D eigenvalue weighted by Crippen LogP contribution is 2.39. The topological polar surface area (TPSA) is 101 Å². The fourth-order valence-electron chi connectivity index (χ4n) is 2.82. The Morgan fingerprint density at radius 2 is 1.93 bits per heavy atom. The molecule has 4 N–H and O–H groups in total. The van der Waals surface area contributed by atoms with Crippen LogP contribution in [0.5, 0.6) is 5.75 Å². The number of ether oxygens (including phenoxy) is 2. The second kappa shape index (κ2) is 12.6. The van der Waals surface area contributed by atoms with Crippen molar-refractivity contribution in [3.8, 4) is 16.9 Å². The number of nitrogens with two attached hydrogens (primary N) is 1. The standard InChI is InChI=1S/C18H20Cl2N4O3S.2ClH/c19-15-10-14(16(20)28-15)11-7-12(17(25)23-18(21)22)9-13(8-11)27-6-3-24-1-4-26-5-2-24;;/h7-10H,1-6H2,(H4,21,22,23,25);2*1H. The van der Waals surface area contributed by atoms with Gasteiger partial charge in [-0.15, -0.1) is 36.2 Å². The van der Waals surface area contributed by atoms with E-state index in [1.54, 1.807) is 18.2 Å². The highest BCUT2D eigenvalue weighted by Gasteiger charge is 2.15. The molecule has 0 bridgehead atoms. The number of nitrogens with one attached hydrogen (secondary N) is 2. The molecule has 1 aliphatic heterocycles. The molecule has 1 aromatic heterocycles. The molecule has 0 aliphatic carbocycles. The quantitative estimate of drug-likeness (QED) is 0.400. The molecule has 7 nitrogen and oxygen atoms in total. The van der Waals surface area contributed by atoms with E-state index in [0.717, 1.165) is 32.8 Å². The second-order valence-electron chi connectivity index (χ2n) is 6.15. The third kappa shape index (κ3) is 7.46. The molecular formula is C18H22Cl4N4O3S. The fraction of sp³-hybridized carbons (Fsp3) is 0.333. The Balaban J connectivity index is 0.00000225. The fourth-order valence-corrected chi connectivity index (χ4v) is 4.32. The normalized spacial score (nSPS) is 13.7. The van der Waals surface area contributed by atoms with Gasteiger partial charge in [0.05, 0.1) is 17.6 Å². The van der Waals surface area contributed by atoms with Crippen LogP contribution in [0, 0.1) is 5.41 Å². The van der Waals surface area contributed by atoms with Crippen molar-refractivity contribution in [2.75, 3.05) is 39.5 Å². The van der Waals surface area contributed by atoms with E-state index in [2.05, 4.69) is 10.2 Å². The van der Waals surface area contributed by atoms with Gasteiger partial charge in [0.1, 0.15) is 16.7 Å². The number of amides is 1. The third-order valence-corrected chi connectivity index (χ3v) is 5.65. The molecule has 0 saturated carbocycles. The lowest BCUT2D eigenvalue weighted by Crippen LogP contribution is -2.38. The minimum absolute atomic E-state index is 0. The zero-order valence-electron chi connectivity index (χ0n) is 15.8. The third-order valence-electron chi connectivity index (χ3n) is 4.16. The Bertz CT molecular complexity index is 875. The van der Waals surface area contributed by atoms with E-state index in [-0.39, 0.29) is 24.8 Å². The van der Waals surface area contributed by atoms with Gasteiger partial charge in [-0.3, -0.25) is 20.4 Å². The molecule has 3 rings (SSSR count). The van der Waals surface area contributed by atoms with Crippen molar-refractivity contribution < 1.29 is 14.3 Å². The van der Waals surface area contributed by atoms with Crippen LogP contribution in [0.25, 0.3) is 11.1 Å². The number of guanidine groups is 1. The first-order valence-corrected chi connectivity index (χ1v) is 10.2. The molecule has 1 amide bonds. The Kier molecular flexibility index (Phi) is 11.2. The summed E-state index contributed by atoms with van der Waals surface area (Å²) in [5.41, 5.74) is 7.00. The number of hydrogen-bond donors (Lipinski definition) is 3. The molecular weight excluding hydrogens is 494 g/mol. The minimum Gasteiger partial charge on any atom is -0.492 e. The minimum atomic E-state index is -0.496. The van der Waals surface area contributed by atoms with Crippen LogP contribution in [0.15, 0.2) is 24.3 Å². The Hall–Kier alpha value is -1.26. The molecule has 1 aliphatic rings. The number of hydrogen-bond acceptors (Lipinski definition) is 6. The Morgan fingerprint density at radius 3 is 2.53 bits per heavy atom. The Labute approximate surface area is 201 Å². The molecule has 2 aromatic rings. The molecule has 0 atom stereocenters. The summed E-state index contributed by atoms with van der Waals surface area (Å²) in [5, 5.41) is 9.55. The molecule has 12 heteroatoms. The molecule has 0 unspecified atom stereocenters. The zero-order valence-corrected chi connectivity index (χ0v) is 19.7. The van der Waals surface area contributed by atoms with Gasteiger partial charge in [-0.2, -0.15) is 0 Å². The smallest absolute Gasteiger partial charge is 0.258 e. The van der Waals surface area contributed by atoms with Crippen LogP contribution in [0.4, 0.5) is 0 Å². The van der Waals surface area contributed by atoms with Gasteiger partial charge in [-0.25, -0.2) is 0 Å². The van der Waals surface area contributed by atoms with E-state index in [1.165, 1.54) is 11.3 Å². The number of morpholine rings is 1. The largest absolute Gasteiger partial charge is 0.492 e. The highest BCUT2D eigenvalue weighted by molar-refractivity contribution is 7.20.